The Morgan fingerprint density at radius 2 is 1.94 bits per heavy atom. The molecule has 1 aromatic carbocycles. The summed E-state index contributed by atoms with van der Waals surface area (Å²) >= 11 is 0. The van der Waals surface area contributed by atoms with Gasteiger partial charge in [0.05, 0.1) is 17.3 Å². The van der Waals surface area contributed by atoms with E-state index in [1.807, 2.05) is 0 Å². The van der Waals surface area contributed by atoms with Crippen LogP contribution in [0.1, 0.15) is 12.8 Å². The Morgan fingerprint density at radius 3 is 2.67 bits per heavy atom. The lowest BCUT2D eigenvalue weighted by Gasteiger charge is -2.07. The van der Waals surface area contributed by atoms with Gasteiger partial charge in [-0.2, -0.15) is 0 Å². The van der Waals surface area contributed by atoms with Gasteiger partial charge in [0.1, 0.15) is 0 Å². The van der Waals surface area contributed by atoms with E-state index in [0.29, 0.717) is 29.9 Å². The summed E-state index contributed by atoms with van der Waals surface area (Å²) in [6.07, 6.45) is 2.42. The molecule has 2 aromatic rings. The van der Waals surface area contributed by atoms with Crippen molar-refractivity contribution in [1.82, 2.24) is 15.1 Å². The summed E-state index contributed by atoms with van der Waals surface area (Å²) in [4.78, 5) is 24.0. The Labute approximate surface area is 103 Å². The van der Waals surface area contributed by atoms with Crippen LogP contribution >= 0.6 is 0 Å². The van der Waals surface area contributed by atoms with Crippen LogP contribution < -0.4 is 16.4 Å². The van der Waals surface area contributed by atoms with Crippen molar-refractivity contribution in [2.75, 3.05) is 6.54 Å². The second-order valence-electron chi connectivity index (χ2n) is 4.67. The number of hydrogen-bond acceptors (Lipinski definition) is 3. The SMILES string of the molecule is O=c1[nH]n(CCNC2CC2)c(=O)c2ccccc12. The lowest BCUT2D eigenvalue weighted by atomic mass is 10.2. The summed E-state index contributed by atoms with van der Waals surface area (Å²) in [7, 11) is 0. The Hall–Kier alpha value is -1.88. The maximum absolute atomic E-state index is 12.1. The zero-order valence-corrected chi connectivity index (χ0v) is 9.98. The molecule has 0 aliphatic heterocycles. The molecular formula is C13H15N3O2. The van der Waals surface area contributed by atoms with Gasteiger partial charge in [0.2, 0.25) is 0 Å². The number of benzene rings is 1. The minimum Gasteiger partial charge on any atom is -0.312 e. The number of H-pyrrole nitrogens is 1. The number of rotatable bonds is 4. The molecule has 1 fully saturated rings. The first-order valence-corrected chi connectivity index (χ1v) is 6.21. The summed E-state index contributed by atoms with van der Waals surface area (Å²) < 4.78 is 1.39. The summed E-state index contributed by atoms with van der Waals surface area (Å²) in [5.74, 6) is 0. The minimum absolute atomic E-state index is 0.136. The van der Waals surface area contributed by atoms with Gasteiger partial charge in [-0.05, 0) is 25.0 Å². The molecule has 1 heterocycles. The molecule has 0 radical (unpaired) electrons. The van der Waals surface area contributed by atoms with E-state index in [0.717, 1.165) is 0 Å². The third-order valence-electron chi connectivity index (χ3n) is 3.23. The zero-order valence-electron chi connectivity index (χ0n) is 9.98. The molecule has 0 bridgehead atoms. The second-order valence-corrected chi connectivity index (χ2v) is 4.67. The van der Waals surface area contributed by atoms with Crippen LogP contribution in [0.25, 0.3) is 10.8 Å². The van der Waals surface area contributed by atoms with Gasteiger partial charge in [-0.25, -0.2) is 4.68 Å². The maximum atomic E-state index is 12.1. The van der Waals surface area contributed by atoms with E-state index >= 15 is 0 Å². The van der Waals surface area contributed by atoms with Gasteiger partial charge in [-0.1, -0.05) is 12.1 Å². The highest BCUT2D eigenvalue weighted by Gasteiger charge is 2.19. The van der Waals surface area contributed by atoms with Crippen molar-refractivity contribution in [2.45, 2.75) is 25.4 Å². The van der Waals surface area contributed by atoms with Crippen molar-refractivity contribution in [2.24, 2.45) is 0 Å². The normalized spacial score (nSPS) is 15.1. The lowest BCUT2D eigenvalue weighted by Crippen LogP contribution is -2.33. The van der Waals surface area contributed by atoms with Crippen LogP contribution in [0.5, 0.6) is 0 Å². The molecule has 1 saturated carbocycles. The van der Waals surface area contributed by atoms with E-state index in [-0.39, 0.29) is 11.1 Å². The van der Waals surface area contributed by atoms with E-state index in [2.05, 4.69) is 10.4 Å². The monoisotopic (exact) mass is 245 g/mol. The quantitative estimate of drug-likeness (QED) is 0.821. The highest BCUT2D eigenvalue weighted by atomic mass is 16.2. The van der Waals surface area contributed by atoms with Gasteiger partial charge >= 0.3 is 0 Å². The first-order chi connectivity index (χ1) is 8.75. The van der Waals surface area contributed by atoms with Crippen LogP contribution in [0.4, 0.5) is 0 Å². The first kappa shape index (κ1) is 11.2. The Balaban J connectivity index is 1.93. The number of nitrogens with one attached hydrogen (secondary N) is 2. The maximum Gasteiger partial charge on any atom is 0.273 e. The van der Waals surface area contributed by atoms with Gasteiger partial charge in [-0.15, -0.1) is 0 Å². The van der Waals surface area contributed by atoms with Crippen molar-refractivity contribution in [3.05, 3.63) is 45.0 Å². The van der Waals surface area contributed by atoms with Gasteiger partial charge in [0.25, 0.3) is 11.1 Å². The average Bonchev–Trinajstić information content (AvgIpc) is 3.19. The summed E-state index contributed by atoms with van der Waals surface area (Å²) in [6, 6.07) is 7.50. The van der Waals surface area contributed by atoms with Crippen molar-refractivity contribution in [1.29, 1.82) is 0 Å². The van der Waals surface area contributed by atoms with E-state index in [9.17, 15) is 9.59 Å². The van der Waals surface area contributed by atoms with Gasteiger partial charge < -0.3 is 5.32 Å². The molecule has 0 atom stereocenters. The molecule has 0 spiro atoms. The molecule has 1 aliphatic rings. The second kappa shape index (κ2) is 4.42. The molecule has 2 N–H and O–H groups in total. The van der Waals surface area contributed by atoms with E-state index < -0.39 is 0 Å². The molecule has 94 valence electrons. The number of aromatic amines is 1. The third-order valence-corrected chi connectivity index (χ3v) is 3.23. The Bertz CT molecular complexity index is 682. The third kappa shape index (κ3) is 2.09. The zero-order chi connectivity index (χ0) is 12.5. The minimum atomic E-state index is -0.211. The molecule has 1 aromatic heterocycles. The van der Waals surface area contributed by atoms with Crippen LogP contribution in [0.15, 0.2) is 33.9 Å². The van der Waals surface area contributed by atoms with E-state index in [4.69, 9.17) is 0 Å². The molecule has 0 saturated heterocycles. The first-order valence-electron chi connectivity index (χ1n) is 6.21. The highest BCUT2D eigenvalue weighted by Crippen LogP contribution is 2.17. The number of fused-ring (bicyclic) bond motifs is 1. The van der Waals surface area contributed by atoms with Crippen molar-refractivity contribution in [3.8, 4) is 0 Å². The molecule has 0 amide bonds. The average molecular weight is 245 g/mol. The van der Waals surface area contributed by atoms with Crippen LogP contribution in [0.3, 0.4) is 0 Å². The topological polar surface area (TPSA) is 66.9 Å². The highest BCUT2D eigenvalue weighted by molar-refractivity contribution is 5.80. The summed E-state index contributed by atoms with van der Waals surface area (Å²) in [6.45, 7) is 1.20. The van der Waals surface area contributed by atoms with Crippen LogP contribution in [-0.4, -0.2) is 22.4 Å². The standard InChI is InChI=1S/C13H15N3O2/c17-12-10-3-1-2-4-11(10)13(18)16(15-12)8-7-14-9-5-6-9/h1-4,9,14H,5-8H2,(H,15,17). The number of aromatic nitrogens is 2. The van der Waals surface area contributed by atoms with Crippen LogP contribution in [-0.2, 0) is 6.54 Å². The molecule has 5 heteroatoms. The molecule has 18 heavy (non-hydrogen) atoms. The molecule has 0 unspecified atom stereocenters. The molecule has 1 aliphatic carbocycles. The van der Waals surface area contributed by atoms with E-state index in [1.165, 1.54) is 17.5 Å². The smallest absolute Gasteiger partial charge is 0.273 e. The fourth-order valence-corrected chi connectivity index (χ4v) is 2.07. The van der Waals surface area contributed by atoms with Gasteiger partial charge in [0.15, 0.2) is 0 Å². The summed E-state index contributed by atoms with van der Waals surface area (Å²) in [5, 5.41) is 6.87. The van der Waals surface area contributed by atoms with Gasteiger partial charge in [0, 0.05) is 12.6 Å². The van der Waals surface area contributed by atoms with Crippen molar-refractivity contribution in [3.63, 3.8) is 0 Å². The Morgan fingerprint density at radius 1 is 1.22 bits per heavy atom. The predicted octanol–water partition coefficient (Wildman–Crippen LogP) is 0.442. The van der Waals surface area contributed by atoms with E-state index in [1.54, 1.807) is 24.3 Å². The number of nitrogens with zero attached hydrogens (tertiary/aromatic N) is 1. The van der Waals surface area contributed by atoms with Crippen LogP contribution in [0.2, 0.25) is 0 Å². The predicted molar refractivity (Wildman–Crippen MR) is 69.9 cm³/mol. The largest absolute Gasteiger partial charge is 0.312 e. The fraction of sp³-hybridized carbons (Fsp3) is 0.385. The molecule has 5 nitrogen and oxygen atoms in total. The molecule has 3 rings (SSSR count). The van der Waals surface area contributed by atoms with Crippen molar-refractivity contribution >= 4 is 10.8 Å². The lowest BCUT2D eigenvalue weighted by molar-refractivity contribution is 0.530. The number of hydrogen-bond donors (Lipinski definition) is 2. The van der Waals surface area contributed by atoms with Crippen LogP contribution in [0, 0.1) is 0 Å². The fourth-order valence-electron chi connectivity index (χ4n) is 2.07. The summed E-state index contributed by atoms with van der Waals surface area (Å²) in [5.41, 5.74) is -0.348. The van der Waals surface area contributed by atoms with Crippen molar-refractivity contribution < 1.29 is 0 Å². The molecular weight excluding hydrogens is 230 g/mol. The van der Waals surface area contributed by atoms with Gasteiger partial charge in [-0.3, -0.25) is 14.7 Å². The Kier molecular flexibility index (Phi) is 2.76.